The van der Waals surface area contributed by atoms with E-state index in [0.29, 0.717) is 16.5 Å². The Hall–Kier alpha value is -1.10. The van der Waals surface area contributed by atoms with Crippen LogP contribution in [-0.4, -0.2) is 29.1 Å². The van der Waals surface area contributed by atoms with Crippen LogP contribution in [0.2, 0.25) is 0 Å². The molecule has 2 heterocycles. The first kappa shape index (κ1) is 15.3. The van der Waals surface area contributed by atoms with Crippen LogP contribution in [0.15, 0.2) is 0 Å². The van der Waals surface area contributed by atoms with Gasteiger partial charge in [-0.05, 0) is 18.3 Å². The summed E-state index contributed by atoms with van der Waals surface area (Å²) in [5.74, 6) is 0.489. The van der Waals surface area contributed by atoms with Crippen molar-refractivity contribution in [2.24, 2.45) is 11.8 Å². The van der Waals surface area contributed by atoms with Crippen LogP contribution in [0.1, 0.15) is 56.4 Å². The topological polar surface area (TPSA) is 53.4 Å². The van der Waals surface area contributed by atoms with E-state index in [1.54, 1.807) is 0 Å². The number of aromatic nitrogens is 1. The van der Waals surface area contributed by atoms with E-state index in [4.69, 9.17) is 0 Å². The van der Waals surface area contributed by atoms with E-state index in [1.807, 2.05) is 20.8 Å². The van der Waals surface area contributed by atoms with E-state index in [0.717, 1.165) is 30.6 Å². The van der Waals surface area contributed by atoms with Crippen molar-refractivity contribution in [1.82, 2.24) is 4.98 Å². The number of carbonyl (C=O) groups is 1. The van der Waals surface area contributed by atoms with Crippen molar-refractivity contribution in [2.75, 3.05) is 18.0 Å². The first-order valence-corrected chi connectivity index (χ1v) is 8.01. The third-order valence-corrected chi connectivity index (χ3v) is 5.23. The molecule has 0 aliphatic carbocycles. The van der Waals surface area contributed by atoms with E-state index < -0.39 is 5.97 Å². The van der Waals surface area contributed by atoms with Crippen molar-refractivity contribution in [1.29, 1.82) is 0 Å². The van der Waals surface area contributed by atoms with Crippen LogP contribution < -0.4 is 4.90 Å². The lowest BCUT2D eigenvalue weighted by Crippen LogP contribution is -2.38. The van der Waals surface area contributed by atoms with Gasteiger partial charge in [0.05, 0.1) is 5.69 Å². The molecule has 20 heavy (non-hydrogen) atoms. The summed E-state index contributed by atoms with van der Waals surface area (Å²) in [5, 5.41) is 10.3. The Morgan fingerprint density at radius 2 is 2.00 bits per heavy atom. The molecular weight excluding hydrogens is 272 g/mol. The van der Waals surface area contributed by atoms with Gasteiger partial charge in [0.1, 0.15) is 4.88 Å². The predicted octanol–water partition coefficient (Wildman–Crippen LogP) is 3.62. The molecule has 0 radical (unpaired) electrons. The minimum absolute atomic E-state index is 0.239. The average Bonchev–Trinajstić information content (AvgIpc) is 2.77. The average molecular weight is 296 g/mol. The molecule has 0 spiro atoms. The van der Waals surface area contributed by atoms with E-state index in [9.17, 15) is 9.90 Å². The maximum atomic E-state index is 11.4. The third kappa shape index (κ3) is 2.97. The molecule has 112 valence electrons. The molecule has 1 fully saturated rings. The van der Waals surface area contributed by atoms with Gasteiger partial charge in [-0.25, -0.2) is 9.78 Å². The highest BCUT2D eigenvalue weighted by Gasteiger charge is 2.30. The fraction of sp³-hybridized carbons (Fsp3) is 0.733. The lowest BCUT2D eigenvalue weighted by molar-refractivity contribution is 0.0699. The van der Waals surface area contributed by atoms with E-state index in [1.165, 1.54) is 11.3 Å². The summed E-state index contributed by atoms with van der Waals surface area (Å²) in [6.45, 7) is 12.5. The number of aromatic carboxylic acids is 1. The molecule has 2 atom stereocenters. The van der Waals surface area contributed by atoms with Crippen molar-refractivity contribution >= 4 is 22.4 Å². The van der Waals surface area contributed by atoms with Gasteiger partial charge < -0.3 is 10.0 Å². The molecule has 1 aromatic rings. The molecule has 1 aromatic heterocycles. The van der Waals surface area contributed by atoms with Crippen molar-refractivity contribution in [3.8, 4) is 0 Å². The molecule has 0 saturated carbocycles. The highest BCUT2D eigenvalue weighted by Crippen LogP contribution is 2.36. The van der Waals surface area contributed by atoms with Crippen LogP contribution in [0.3, 0.4) is 0 Å². The summed E-state index contributed by atoms with van der Waals surface area (Å²) in [4.78, 5) is 18.7. The van der Waals surface area contributed by atoms with Gasteiger partial charge in [-0.2, -0.15) is 0 Å². The molecule has 0 aromatic carbocycles. The van der Waals surface area contributed by atoms with Gasteiger partial charge in [-0.1, -0.05) is 46.0 Å². The van der Waals surface area contributed by atoms with Crippen molar-refractivity contribution in [3.63, 3.8) is 0 Å². The maximum absolute atomic E-state index is 11.4. The van der Waals surface area contributed by atoms with Crippen LogP contribution in [0.25, 0.3) is 0 Å². The first-order valence-electron chi connectivity index (χ1n) is 7.19. The Morgan fingerprint density at radius 3 is 2.45 bits per heavy atom. The molecule has 1 saturated heterocycles. The lowest BCUT2D eigenvalue weighted by Gasteiger charge is -2.35. The zero-order valence-corrected chi connectivity index (χ0v) is 13.8. The molecule has 2 rings (SSSR count). The number of anilines is 1. The SMILES string of the molecule is CC1CCN(c2nc(C(C)(C)C)c(C(=O)O)s2)CC1C. The molecule has 1 N–H and O–H groups in total. The largest absolute Gasteiger partial charge is 0.477 e. The molecule has 0 bridgehead atoms. The minimum atomic E-state index is -0.864. The predicted molar refractivity (Wildman–Crippen MR) is 82.9 cm³/mol. The standard InChI is InChI=1S/C15H24N2O2S/c1-9-6-7-17(8-10(9)2)14-16-12(15(3,4)5)11(20-14)13(18)19/h9-10H,6-8H2,1-5H3,(H,18,19). The van der Waals surface area contributed by atoms with Crippen LogP contribution in [0.5, 0.6) is 0 Å². The van der Waals surface area contributed by atoms with Crippen molar-refractivity contribution in [2.45, 2.75) is 46.5 Å². The van der Waals surface area contributed by atoms with Crippen LogP contribution >= 0.6 is 11.3 Å². The van der Waals surface area contributed by atoms with Gasteiger partial charge in [0.25, 0.3) is 0 Å². The molecule has 2 unspecified atom stereocenters. The second-order valence-electron chi connectivity index (χ2n) is 6.92. The summed E-state index contributed by atoms with van der Waals surface area (Å²) in [6.07, 6.45) is 1.15. The minimum Gasteiger partial charge on any atom is -0.477 e. The monoisotopic (exact) mass is 296 g/mol. The Bertz CT molecular complexity index is 504. The number of carboxylic acids is 1. The van der Waals surface area contributed by atoms with Gasteiger partial charge in [0.2, 0.25) is 0 Å². The van der Waals surface area contributed by atoms with Gasteiger partial charge in [0, 0.05) is 18.5 Å². The van der Waals surface area contributed by atoms with Crippen LogP contribution in [-0.2, 0) is 5.41 Å². The number of hydrogen-bond acceptors (Lipinski definition) is 4. The zero-order valence-electron chi connectivity index (χ0n) is 12.9. The lowest BCUT2D eigenvalue weighted by atomic mass is 9.89. The van der Waals surface area contributed by atoms with E-state index in [2.05, 4.69) is 23.7 Å². The first-order chi connectivity index (χ1) is 9.20. The molecular formula is C15H24N2O2S. The highest BCUT2D eigenvalue weighted by molar-refractivity contribution is 7.17. The summed E-state index contributed by atoms with van der Waals surface area (Å²) < 4.78 is 0. The van der Waals surface area contributed by atoms with Crippen LogP contribution in [0, 0.1) is 11.8 Å². The van der Waals surface area contributed by atoms with Gasteiger partial charge in [-0.3, -0.25) is 0 Å². The summed E-state index contributed by atoms with van der Waals surface area (Å²) >= 11 is 1.32. The smallest absolute Gasteiger partial charge is 0.347 e. The fourth-order valence-electron chi connectivity index (χ4n) is 2.53. The van der Waals surface area contributed by atoms with Gasteiger partial charge in [0.15, 0.2) is 5.13 Å². The highest BCUT2D eigenvalue weighted by atomic mass is 32.1. The van der Waals surface area contributed by atoms with Crippen molar-refractivity contribution < 1.29 is 9.90 Å². The maximum Gasteiger partial charge on any atom is 0.347 e. The molecule has 1 aliphatic heterocycles. The number of piperidine rings is 1. The summed E-state index contributed by atoms with van der Waals surface area (Å²) in [7, 11) is 0. The quantitative estimate of drug-likeness (QED) is 0.905. The number of carboxylic acid groups (broad SMARTS) is 1. The number of rotatable bonds is 2. The molecule has 5 heteroatoms. The Labute approximate surface area is 124 Å². The van der Waals surface area contributed by atoms with Crippen molar-refractivity contribution in [3.05, 3.63) is 10.6 Å². The summed E-state index contributed by atoms with van der Waals surface area (Å²) in [6, 6.07) is 0. The Kier molecular flexibility index (Phi) is 4.09. The number of nitrogens with zero attached hydrogens (tertiary/aromatic N) is 2. The number of thiazole rings is 1. The van der Waals surface area contributed by atoms with Gasteiger partial charge >= 0.3 is 5.97 Å². The molecule has 0 amide bonds. The normalized spacial score (nSPS) is 23.9. The molecule has 4 nitrogen and oxygen atoms in total. The Balaban J connectivity index is 2.32. The fourth-order valence-corrected chi connectivity index (χ4v) is 3.68. The summed E-state index contributed by atoms with van der Waals surface area (Å²) in [5.41, 5.74) is 0.466. The second kappa shape index (κ2) is 5.35. The van der Waals surface area contributed by atoms with E-state index in [-0.39, 0.29) is 5.41 Å². The number of hydrogen-bond donors (Lipinski definition) is 1. The Morgan fingerprint density at radius 1 is 1.35 bits per heavy atom. The van der Waals surface area contributed by atoms with Gasteiger partial charge in [-0.15, -0.1) is 0 Å². The van der Waals surface area contributed by atoms with Crippen LogP contribution in [0.4, 0.5) is 5.13 Å². The third-order valence-electron chi connectivity index (χ3n) is 4.13. The second-order valence-corrected chi connectivity index (χ2v) is 7.90. The zero-order chi connectivity index (χ0) is 15.1. The van der Waals surface area contributed by atoms with E-state index >= 15 is 0 Å². The molecule has 1 aliphatic rings.